The molecular formula is C11H20N2O2. The molecule has 0 spiro atoms. The van der Waals surface area contributed by atoms with Gasteiger partial charge in [-0.2, -0.15) is 0 Å². The molecule has 2 fully saturated rings. The van der Waals surface area contributed by atoms with Crippen molar-refractivity contribution < 1.29 is 9.53 Å². The average molecular weight is 212 g/mol. The van der Waals surface area contributed by atoms with E-state index in [4.69, 9.17) is 10.5 Å². The smallest absolute Gasteiger partial charge is 0.309 e. The van der Waals surface area contributed by atoms with Crippen molar-refractivity contribution in [3.05, 3.63) is 0 Å². The van der Waals surface area contributed by atoms with Gasteiger partial charge >= 0.3 is 5.97 Å². The monoisotopic (exact) mass is 212 g/mol. The number of piperidine rings is 1. The molecular weight excluding hydrogens is 192 g/mol. The summed E-state index contributed by atoms with van der Waals surface area (Å²) in [5.41, 5.74) is 5.45. The highest BCUT2D eigenvalue weighted by molar-refractivity contribution is 5.76. The zero-order valence-corrected chi connectivity index (χ0v) is 9.32. The molecule has 0 bridgehead atoms. The number of carbonyl (C=O) groups is 1. The predicted octanol–water partition coefficient (Wildman–Crippen LogP) is 0.0761. The third kappa shape index (κ3) is 2.16. The first kappa shape index (κ1) is 10.9. The van der Waals surface area contributed by atoms with Crippen LogP contribution in [0.15, 0.2) is 0 Å². The molecule has 4 heteroatoms. The summed E-state index contributed by atoms with van der Waals surface area (Å²) in [4.78, 5) is 13.7. The number of esters is 1. The summed E-state index contributed by atoms with van der Waals surface area (Å²) in [7, 11) is 1.48. The third-order valence-electron chi connectivity index (χ3n) is 3.67. The Morgan fingerprint density at radius 2 is 2.07 bits per heavy atom. The van der Waals surface area contributed by atoms with Crippen molar-refractivity contribution in [1.29, 1.82) is 0 Å². The van der Waals surface area contributed by atoms with Gasteiger partial charge in [-0.25, -0.2) is 0 Å². The van der Waals surface area contributed by atoms with Crippen LogP contribution in [0.1, 0.15) is 12.8 Å². The number of hydrogen-bond donors (Lipinski definition) is 1. The maximum atomic E-state index is 11.3. The Bertz CT molecular complexity index is 233. The minimum Gasteiger partial charge on any atom is -0.469 e. The molecule has 86 valence electrons. The molecule has 2 atom stereocenters. The summed E-state index contributed by atoms with van der Waals surface area (Å²) in [6.45, 7) is 4.08. The SMILES string of the molecule is COC(=O)C1C2CN(CCCCN)CC21. The molecule has 1 saturated heterocycles. The van der Waals surface area contributed by atoms with Crippen LogP contribution in [0, 0.1) is 17.8 Å². The van der Waals surface area contributed by atoms with E-state index in [1.165, 1.54) is 13.5 Å². The van der Waals surface area contributed by atoms with Crippen LogP contribution in [0.2, 0.25) is 0 Å². The van der Waals surface area contributed by atoms with Crippen molar-refractivity contribution in [2.45, 2.75) is 12.8 Å². The molecule has 15 heavy (non-hydrogen) atoms. The van der Waals surface area contributed by atoms with E-state index in [2.05, 4.69) is 4.90 Å². The van der Waals surface area contributed by atoms with Crippen molar-refractivity contribution in [3.63, 3.8) is 0 Å². The molecule has 0 aromatic rings. The Balaban J connectivity index is 1.67. The topological polar surface area (TPSA) is 55.6 Å². The van der Waals surface area contributed by atoms with Gasteiger partial charge in [0, 0.05) is 13.1 Å². The van der Waals surface area contributed by atoms with Gasteiger partial charge in [0.15, 0.2) is 0 Å². The second-order valence-corrected chi connectivity index (χ2v) is 4.63. The Morgan fingerprint density at radius 1 is 1.40 bits per heavy atom. The van der Waals surface area contributed by atoms with Crippen LogP contribution in [-0.2, 0) is 9.53 Å². The van der Waals surface area contributed by atoms with Gasteiger partial charge in [-0.05, 0) is 37.8 Å². The number of likely N-dealkylation sites (tertiary alicyclic amines) is 1. The van der Waals surface area contributed by atoms with E-state index in [0.29, 0.717) is 11.8 Å². The van der Waals surface area contributed by atoms with Crippen LogP contribution in [0.3, 0.4) is 0 Å². The first-order valence-electron chi connectivity index (χ1n) is 5.78. The van der Waals surface area contributed by atoms with Gasteiger partial charge in [0.1, 0.15) is 0 Å². The molecule has 1 heterocycles. The maximum Gasteiger partial charge on any atom is 0.309 e. The predicted molar refractivity (Wildman–Crippen MR) is 57.2 cm³/mol. The molecule has 0 aromatic carbocycles. The molecule has 2 aliphatic rings. The zero-order chi connectivity index (χ0) is 10.8. The Hall–Kier alpha value is -0.610. The fourth-order valence-corrected chi connectivity index (χ4v) is 2.76. The highest BCUT2D eigenvalue weighted by Gasteiger charge is 2.59. The highest BCUT2D eigenvalue weighted by Crippen LogP contribution is 2.52. The van der Waals surface area contributed by atoms with E-state index in [0.717, 1.165) is 32.6 Å². The number of ether oxygens (including phenoxy) is 1. The molecule has 0 aromatic heterocycles. The van der Waals surface area contributed by atoms with Crippen LogP contribution in [0.5, 0.6) is 0 Å². The van der Waals surface area contributed by atoms with Crippen LogP contribution in [0.4, 0.5) is 0 Å². The Kier molecular flexibility index (Phi) is 3.26. The number of rotatable bonds is 5. The van der Waals surface area contributed by atoms with Crippen molar-refractivity contribution in [1.82, 2.24) is 4.90 Å². The van der Waals surface area contributed by atoms with Gasteiger partial charge in [0.25, 0.3) is 0 Å². The largest absolute Gasteiger partial charge is 0.469 e. The van der Waals surface area contributed by atoms with Crippen molar-refractivity contribution in [2.75, 3.05) is 33.3 Å². The highest BCUT2D eigenvalue weighted by atomic mass is 16.5. The fraction of sp³-hybridized carbons (Fsp3) is 0.909. The molecule has 1 aliphatic carbocycles. The molecule has 1 saturated carbocycles. The second-order valence-electron chi connectivity index (χ2n) is 4.63. The number of carbonyl (C=O) groups excluding carboxylic acids is 1. The maximum absolute atomic E-state index is 11.3. The van der Waals surface area contributed by atoms with Gasteiger partial charge in [0.05, 0.1) is 13.0 Å². The van der Waals surface area contributed by atoms with Crippen LogP contribution >= 0.6 is 0 Å². The van der Waals surface area contributed by atoms with Crippen molar-refractivity contribution >= 4 is 5.97 Å². The lowest BCUT2D eigenvalue weighted by molar-refractivity contribution is -0.143. The minimum atomic E-state index is -0.00777. The van der Waals surface area contributed by atoms with E-state index in [-0.39, 0.29) is 11.9 Å². The average Bonchev–Trinajstić information content (AvgIpc) is 2.74. The zero-order valence-electron chi connectivity index (χ0n) is 9.32. The molecule has 4 nitrogen and oxygen atoms in total. The van der Waals surface area contributed by atoms with Gasteiger partial charge in [-0.15, -0.1) is 0 Å². The molecule has 0 radical (unpaired) electrons. The van der Waals surface area contributed by atoms with Crippen LogP contribution in [0.25, 0.3) is 0 Å². The summed E-state index contributed by atoms with van der Waals surface area (Å²) in [6, 6.07) is 0. The number of unbranched alkanes of at least 4 members (excludes halogenated alkanes) is 1. The Morgan fingerprint density at radius 3 is 2.60 bits per heavy atom. The number of nitrogens with two attached hydrogens (primary N) is 1. The molecule has 2 rings (SSSR count). The van der Waals surface area contributed by atoms with Crippen molar-refractivity contribution in [2.24, 2.45) is 23.5 Å². The summed E-state index contributed by atoms with van der Waals surface area (Å²) in [5, 5.41) is 0. The molecule has 1 aliphatic heterocycles. The Labute approximate surface area is 90.8 Å². The summed E-state index contributed by atoms with van der Waals surface area (Å²) < 4.78 is 4.77. The summed E-state index contributed by atoms with van der Waals surface area (Å²) >= 11 is 0. The number of hydrogen-bond acceptors (Lipinski definition) is 4. The minimum absolute atomic E-state index is 0.00777. The van der Waals surface area contributed by atoms with Gasteiger partial charge in [0.2, 0.25) is 0 Å². The normalized spacial score (nSPS) is 33.9. The first-order chi connectivity index (χ1) is 7.27. The van der Waals surface area contributed by atoms with E-state index < -0.39 is 0 Å². The van der Waals surface area contributed by atoms with Crippen LogP contribution < -0.4 is 5.73 Å². The second kappa shape index (κ2) is 4.49. The molecule has 2 N–H and O–H groups in total. The molecule has 0 amide bonds. The first-order valence-corrected chi connectivity index (χ1v) is 5.78. The van der Waals surface area contributed by atoms with Gasteiger partial charge < -0.3 is 15.4 Å². The van der Waals surface area contributed by atoms with Gasteiger partial charge in [-0.3, -0.25) is 4.79 Å². The van der Waals surface area contributed by atoms with E-state index in [9.17, 15) is 4.79 Å². The van der Waals surface area contributed by atoms with E-state index >= 15 is 0 Å². The number of nitrogens with zero attached hydrogens (tertiary/aromatic N) is 1. The summed E-state index contributed by atoms with van der Waals surface area (Å²) in [6.07, 6.45) is 2.28. The standard InChI is InChI=1S/C11H20N2O2/c1-15-11(14)10-8-6-13(7-9(8)10)5-3-2-4-12/h8-10H,2-7,12H2,1H3. The lowest BCUT2D eigenvalue weighted by atomic mass is 10.2. The quantitative estimate of drug-likeness (QED) is 0.518. The van der Waals surface area contributed by atoms with Crippen molar-refractivity contribution in [3.8, 4) is 0 Å². The number of fused-ring (bicyclic) bond motifs is 1. The third-order valence-corrected chi connectivity index (χ3v) is 3.67. The molecule has 2 unspecified atom stereocenters. The fourth-order valence-electron chi connectivity index (χ4n) is 2.76. The lowest BCUT2D eigenvalue weighted by Crippen LogP contribution is -2.27. The summed E-state index contributed by atoms with van der Waals surface area (Å²) in [5.74, 6) is 1.36. The lowest BCUT2D eigenvalue weighted by Gasteiger charge is -2.18. The van der Waals surface area contributed by atoms with E-state index in [1.807, 2.05) is 0 Å². The van der Waals surface area contributed by atoms with Gasteiger partial charge in [-0.1, -0.05) is 0 Å². The number of methoxy groups -OCH3 is 1. The van der Waals surface area contributed by atoms with Crippen LogP contribution in [-0.4, -0.2) is 44.2 Å². The van der Waals surface area contributed by atoms with E-state index in [1.54, 1.807) is 0 Å².